The molecule has 1 heterocycles. The molecule has 0 aromatic carbocycles. The van der Waals surface area contributed by atoms with Crippen LogP contribution in [-0.2, 0) is 6.42 Å². The average Bonchev–Trinajstić information content (AvgIpc) is 3.04. The smallest absolute Gasteiger partial charge is 0.0907 e. The quantitative estimate of drug-likeness (QED) is 0.200. The van der Waals surface area contributed by atoms with E-state index in [1.54, 1.807) is 10.1 Å². The summed E-state index contributed by atoms with van der Waals surface area (Å²) < 4.78 is 1.74. The first-order chi connectivity index (χ1) is 12.1. The lowest BCUT2D eigenvalue weighted by Gasteiger charge is -2.16. The maximum atomic E-state index is 2.48. The summed E-state index contributed by atoms with van der Waals surface area (Å²) in [5, 5.41) is 2.31. The van der Waals surface area contributed by atoms with Gasteiger partial charge in [-0.1, -0.05) is 110 Å². The van der Waals surface area contributed by atoms with Gasteiger partial charge in [0.1, 0.15) is 0 Å². The summed E-state index contributed by atoms with van der Waals surface area (Å²) in [5.74, 6) is 0. The van der Waals surface area contributed by atoms with Crippen molar-refractivity contribution in [1.82, 2.24) is 0 Å². The van der Waals surface area contributed by atoms with E-state index < -0.39 is 8.07 Å². The van der Waals surface area contributed by atoms with Crippen LogP contribution in [-0.4, -0.2) is 8.07 Å². The Balaban J connectivity index is 1.89. The first-order valence-electron chi connectivity index (χ1n) is 11.1. The van der Waals surface area contributed by atoms with Gasteiger partial charge in [-0.05, 0) is 34.4 Å². The Labute approximate surface area is 163 Å². The minimum absolute atomic E-state index is 1.11. The molecule has 0 N–H and O–H groups in total. The van der Waals surface area contributed by atoms with Crippen LogP contribution >= 0.6 is 11.3 Å². The van der Waals surface area contributed by atoms with Crippen molar-refractivity contribution in [3.8, 4) is 0 Å². The predicted molar refractivity (Wildman–Crippen MR) is 121 cm³/mol. The Morgan fingerprint density at radius 1 is 0.680 bits per heavy atom. The predicted octanol–water partition coefficient (Wildman–Crippen LogP) is 8.32. The average molecular weight is 381 g/mol. The second kappa shape index (κ2) is 14.0. The highest BCUT2D eigenvalue weighted by molar-refractivity contribution is 7.25. The monoisotopic (exact) mass is 380 g/mol. The topological polar surface area (TPSA) is 0 Å². The Morgan fingerprint density at radius 2 is 1.12 bits per heavy atom. The third kappa shape index (κ3) is 11.3. The van der Waals surface area contributed by atoms with Gasteiger partial charge in [0.25, 0.3) is 0 Å². The minimum Gasteiger partial charge on any atom is -0.153 e. The van der Waals surface area contributed by atoms with Gasteiger partial charge < -0.3 is 0 Å². The lowest BCUT2D eigenvalue weighted by molar-refractivity contribution is 0.535. The zero-order valence-corrected chi connectivity index (χ0v) is 19.5. The van der Waals surface area contributed by atoms with Gasteiger partial charge in [0.15, 0.2) is 0 Å². The number of hydrogen-bond donors (Lipinski definition) is 0. The molecule has 0 radical (unpaired) electrons. The second-order valence-electron chi connectivity index (χ2n) is 8.87. The summed E-state index contributed by atoms with van der Waals surface area (Å²) in [4.78, 5) is 0. The molecule has 0 aliphatic rings. The van der Waals surface area contributed by atoms with Crippen LogP contribution in [0.5, 0.6) is 0 Å². The van der Waals surface area contributed by atoms with Crippen molar-refractivity contribution in [1.29, 1.82) is 0 Å². The number of thiophene rings is 1. The van der Waals surface area contributed by atoms with Crippen molar-refractivity contribution in [3.63, 3.8) is 0 Å². The molecule has 0 spiro atoms. The molecule has 0 saturated heterocycles. The number of hydrogen-bond acceptors (Lipinski definition) is 1. The molecule has 1 aromatic rings. The van der Waals surface area contributed by atoms with Crippen LogP contribution in [0.4, 0.5) is 0 Å². The Kier molecular flexibility index (Phi) is 12.9. The Hall–Kier alpha value is -0.0831. The van der Waals surface area contributed by atoms with Gasteiger partial charge in [-0.2, -0.15) is 11.3 Å². The van der Waals surface area contributed by atoms with E-state index in [9.17, 15) is 0 Å². The number of rotatable bonds is 16. The molecule has 1 rings (SSSR count). The molecule has 0 unspecified atom stereocenters. The summed E-state index contributed by atoms with van der Waals surface area (Å²) in [7, 11) is -1.11. The van der Waals surface area contributed by atoms with E-state index in [2.05, 4.69) is 38.0 Å². The summed E-state index contributed by atoms with van der Waals surface area (Å²) in [6.07, 6.45) is 21.6. The zero-order valence-electron chi connectivity index (χ0n) is 17.7. The third-order valence-electron chi connectivity index (χ3n) is 5.23. The Bertz CT molecular complexity index is 416. The summed E-state index contributed by atoms with van der Waals surface area (Å²) in [5.41, 5.74) is 1.67. The molecule has 2 heteroatoms. The minimum atomic E-state index is -1.11. The Morgan fingerprint density at radius 3 is 1.56 bits per heavy atom. The molecule has 0 aliphatic heterocycles. The molecule has 146 valence electrons. The molecule has 1 aromatic heterocycles. The number of unbranched alkanes of at least 4 members (excludes halogenated alkanes) is 13. The van der Waals surface area contributed by atoms with Crippen molar-refractivity contribution in [2.75, 3.05) is 0 Å². The van der Waals surface area contributed by atoms with Gasteiger partial charge in [0.05, 0.1) is 8.07 Å². The molecule has 0 fully saturated rings. The maximum Gasteiger partial charge on any atom is 0.0907 e. The fourth-order valence-corrected chi connectivity index (χ4v) is 7.18. The normalized spacial score (nSPS) is 12.0. The largest absolute Gasteiger partial charge is 0.153 e. The summed E-state index contributed by atoms with van der Waals surface area (Å²) in [6.45, 7) is 9.74. The van der Waals surface area contributed by atoms with Gasteiger partial charge in [-0.15, -0.1) is 0 Å². The lowest BCUT2D eigenvalue weighted by atomic mass is 10.0. The van der Waals surface area contributed by atoms with Gasteiger partial charge in [0, 0.05) is 0 Å². The molecule has 0 bridgehead atoms. The van der Waals surface area contributed by atoms with Crippen LogP contribution < -0.4 is 4.50 Å². The van der Waals surface area contributed by atoms with Crippen molar-refractivity contribution >= 4 is 23.9 Å². The van der Waals surface area contributed by atoms with Gasteiger partial charge in [0.2, 0.25) is 0 Å². The zero-order chi connectivity index (χ0) is 18.4. The van der Waals surface area contributed by atoms with Crippen molar-refractivity contribution in [3.05, 3.63) is 17.0 Å². The molecule has 0 nitrogen and oxygen atoms in total. The van der Waals surface area contributed by atoms with Crippen LogP contribution in [0.1, 0.15) is 102 Å². The van der Waals surface area contributed by atoms with E-state index in [1.165, 1.54) is 96.3 Å². The molecular formula is C23H44SSi. The van der Waals surface area contributed by atoms with Crippen LogP contribution in [0.15, 0.2) is 11.4 Å². The van der Waals surface area contributed by atoms with E-state index in [4.69, 9.17) is 0 Å². The summed E-state index contributed by atoms with van der Waals surface area (Å²) >= 11 is 2.00. The van der Waals surface area contributed by atoms with Crippen LogP contribution in [0.3, 0.4) is 0 Å². The van der Waals surface area contributed by atoms with E-state index >= 15 is 0 Å². The first-order valence-corrected chi connectivity index (χ1v) is 15.5. The highest BCUT2D eigenvalue weighted by Gasteiger charge is 2.21. The van der Waals surface area contributed by atoms with Crippen LogP contribution in [0.25, 0.3) is 0 Å². The standard InChI is InChI=1S/C23H44SSi/c1-5-6-7-8-9-10-11-12-13-14-15-16-17-18-19-22-20-21-24-23(22)25(2,3)4/h20-21H,5-19H2,1-4H3. The SMILES string of the molecule is CCCCCCCCCCCCCCCCc1ccsc1[Si](C)(C)C. The molecule has 0 saturated carbocycles. The third-order valence-corrected chi connectivity index (χ3v) is 9.87. The summed E-state index contributed by atoms with van der Waals surface area (Å²) in [6, 6.07) is 2.39. The number of aryl methyl sites for hydroxylation is 1. The van der Waals surface area contributed by atoms with Crippen molar-refractivity contribution < 1.29 is 0 Å². The van der Waals surface area contributed by atoms with E-state index in [-0.39, 0.29) is 0 Å². The van der Waals surface area contributed by atoms with Crippen molar-refractivity contribution in [2.24, 2.45) is 0 Å². The van der Waals surface area contributed by atoms with Gasteiger partial charge >= 0.3 is 0 Å². The van der Waals surface area contributed by atoms with Crippen LogP contribution in [0.2, 0.25) is 19.6 Å². The molecule has 25 heavy (non-hydrogen) atoms. The first kappa shape index (κ1) is 23.0. The highest BCUT2D eigenvalue weighted by Crippen LogP contribution is 2.17. The lowest BCUT2D eigenvalue weighted by Crippen LogP contribution is -2.37. The van der Waals surface area contributed by atoms with Gasteiger partial charge in [-0.3, -0.25) is 0 Å². The molecule has 0 aliphatic carbocycles. The maximum absolute atomic E-state index is 2.48. The molecular weight excluding hydrogens is 336 g/mol. The second-order valence-corrected chi connectivity index (χ2v) is 15.1. The molecule has 0 atom stereocenters. The fourth-order valence-electron chi connectivity index (χ4n) is 3.70. The highest BCUT2D eigenvalue weighted by atomic mass is 32.1. The van der Waals surface area contributed by atoms with Crippen LogP contribution in [0, 0.1) is 0 Å². The van der Waals surface area contributed by atoms with E-state index in [0.29, 0.717) is 0 Å². The van der Waals surface area contributed by atoms with E-state index in [0.717, 1.165) is 0 Å². The van der Waals surface area contributed by atoms with E-state index in [1.807, 2.05) is 11.3 Å². The fraction of sp³-hybridized carbons (Fsp3) is 0.826. The molecule has 0 amide bonds. The van der Waals surface area contributed by atoms with Gasteiger partial charge in [-0.25, -0.2) is 0 Å². The van der Waals surface area contributed by atoms with Crippen molar-refractivity contribution in [2.45, 2.75) is 123 Å².